The van der Waals surface area contributed by atoms with Crippen LogP contribution >= 0.6 is 8.07 Å². The monoisotopic (exact) mass is 903 g/mol. The van der Waals surface area contributed by atoms with Crippen LogP contribution in [-0.4, -0.2) is 179 Å². The summed E-state index contributed by atoms with van der Waals surface area (Å²) in [5.74, 6) is -2.65. The second-order valence-electron chi connectivity index (χ2n) is 15.2. The molecule has 6 N–H and O–H groups in total. The molecule has 1 unspecified atom stereocenters. The van der Waals surface area contributed by atoms with Gasteiger partial charge < -0.3 is 63.9 Å². The van der Waals surface area contributed by atoms with E-state index in [0.717, 1.165) is 13.8 Å². The maximum absolute atomic E-state index is 12.8. The molecule has 4 rings (SSSR count). The van der Waals surface area contributed by atoms with Gasteiger partial charge in [0.25, 0.3) is 5.56 Å². The SMILES string of the molecule is CC(=O)N[C@H]1[C@H](OCCOCCOCCOCCP(N(C(C)C)C(C)C)[C@]2(n3cnc4c(=O)[nH]c(N)nc43)C[C@H](O)[C@@H](CO)O2)O[C@H](COC(C)=O)[C@H](OC(C)=O)[C@@H]1OC(C)=O. The number of fused-ring (bicyclic) bond motifs is 1. The van der Waals surface area contributed by atoms with Crippen molar-refractivity contribution in [2.45, 2.75) is 122 Å². The fourth-order valence-corrected chi connectivity index (χ4v) is 10.9. The zero-order chi connectivity index (χ0) is 45.7. The molecule has 62 heavy (non-hydrogen) atoms. The molecule has 0 radical (unpaired) electrons. The predicted octanol–water partition coefficient (Wildman–Crippen LogP) is -0.308. The average Bonchev–Trinajstić information content (AvgIpc) is 3.76. The summed E-state index contributed by atoms with van der Waals surface area (Å²) in [5.41, 5.74) is 4.44. The molecule has 0 bridgehead atoms. The lowest BCUT2D eigenvalue weighted by molar-refractivity contribution is -0.279. The Morgan fingerprint density at radius 2 is 1.55 bits per heavy atom. The van der Waals surface area contributed by atoms with Gasteiger partial charge in [0.2, 0.25) is 11.9 Å². The summed E-state index contributed by atoms with van der Waals surface area (Å²) in [6, 6.07) is -1.03. The van der Waals surface area contributed by atoms with Gasteiger partial charge >= 0.3 is 17.9 Å². The number of imidazole rings is 1. The van der Waals surface area contributed by atoms with Crippen LogP contribution in [0.2, 0.25) is 0 Å². The van der Waals surface area contributed by atoms with Gasteiger partial charge in [0.15, 0.2) is 35.1 Å². The normalized spacial score (nSPS) is 25.7. The van der Waals surface area contributed by atoms with Crippen molar-refractivity contribution in [1.29, 1.82) is 0 Å². The van der Waals surface area contributed by atoms with Crippen molar-refractivity contribution in [1.82, 2.24) is 29.5 Å². The molecule has 350 valence electrons. The lowest BCUT2D eigenvalue weighted by atomic mass is 9.96. The Morgan fingerprint density at radius 3 is 2.10 bits per heavy atom. The van der Waals surface area contributed by atoms with E-state index in [-0.39, 0.29) is 88.5 Å². The van der Waals surface area contributed by atoms with Crippen molar-refractivity contribution in [2.24, 2.45) is 0 Å². The van der Waals surface area contributed by atoms with Gasteiger partial charge in [-0.15, -0.1) is 0 Å². The predicted molar refractivity (Wildman–Crippen MR) is 219 cm³/mol. The number of anilines is 1. The van der Waals surface area contributed by atoms with Crippen molar-refractivity contribution >= 4 is 49.0 Å². The Morgan fingerprint density at radius 1 is 0.952 bits per heavy atom. The van der Waals surface area contributed by atoms with E-state index >= 15 is 0 Å². The first-order chi connectivity index (χ1) is 29.4. The van der Waals surface area contributed by atoms with Crippen LogP contribution in [0.4, 0.5) is 5.95 Å². The number of nitrogens with zero attached hydrogens (tertiary/aromatic N) is 4. The number of nitrogens with one attached hydrogen (secondary N) is 2. The van der Waals surface area contributed by atoms with E-state index in [0.29, 0.717) is 6.16 Å². The van der Waals surface area contributed by atoms with E-state index in [9.17, 15) is 34.2 Å². The maximum Gasteiger partial charge on any atom is 0.303 e. The van der Waals surface area contributed by atoms with Crippen LogP contribution in [0.5, 0.6) is 0 Å². The Kier molecular flexibility index (Phi) is 19.4. The van der Waals surface area contributed by atoms with Gasteiger partial charge in [-0.05, 0) is 27.7 Å². The van der Waals surface area contributed by atoms with E-state index in [4.69, 9.17) is 48.4 Å². The molecule has 4 heterocycles. The summed E-state index contributed by atoms with van der Waals surface area (Å²) in [6.45, 7) is 13.5. The molecule has 2 saturated heterocycles. The summed E-state index contributed by atoms with van der Waals surface area (Å²) >= 11 is 0. The fourth-order valence-electron chi connectivity index (χ4n) is 7.53. The summed E-state index contributed by atoms with van der Waals surface area (Å²) in [5, 5.41) is 23.9. The summed E-state index contributed by atoms with van der Waals surface area (Å²) in [7, 11) is -1.38. The quantitative estimate of drug-likeness (QED) is 0.0391. The van der Waals surface area contributed by atoms with Gasteiger partial charge in [0.05, 0.1) is 65.3 Å². The molecule has 24 heteroatoms. The Balaban J connectivity index is 1.31. The average molecular weight is 904 g/mol. The van der Waals surface area contributed by atoms with Gasteiger partial charge in [-0.1, -0.05) is 0 Å². The van der Waals surface area contributed by atoms with Crippen LogP contribution < -0.4 is 16.6 Å². The van der Waals surface area contributed by atoms with E-state index < -0.39 is 92.4 Å². The number of nitrogens with two attached hydrogens (primary N) is 1. The number of ether oxygens (including phenoxy) is 9. The Bertz CT molecular complexity index is 1840. The molecule has 23 nitrogen and oxygen atoms in total. The van der Waals surface area contributed by atoms with Gasteiger partial charge in [-0.25, -0.2) is 4.98 Å². The third-order valence-corrected chi connectivity index (χ3v) is 13.1. The lowest BCUT2D eigenvalue weighted by Gasteiger charge is -2.47. The molecule has 0 aromatic carbocycles. The second kappa shape index (κ2) is 23.7. The molecule has 2 aromatic rings. The van der Waals surface area contributed by atoms with Crippen LogP contribution in [0.25, 0.3) is 11.2 Å². The largest absolute Gasteiger partial charge is 0.463 e. The fraction of sp³-hybridized carbons (Fsp3) is 0.763. The minimum Gasteiger partial charge on any atom is -0.463 e. The summed E-state index contributed by atoms with van der Waals surface area (Å²) in [6.07, 6.45) is -4.65. The molecule has 0 saturated carbocycles. The summed E-state index contributed by atoms with van der Waals surface area (Å²) < 4.78 is 55.8. The number of nitrogen functional groups attached to an aromatic ring is 1. The van der Waals surface area contributed by atoms with E-state index in [1.807, 2.05) is 0 Å². The number of carbonyl (C=O) groups excluding carboxylic acids is 4. The standard InChI is InChI=1S/C38H62N7O16P/c1-21(2)45(22(3)4)62(38(17-27(51)28(18-46)61-38)44-20-40-31-34(44)42-37(39)43-35(31)52)16-15-55-12-11-53-9-10-54-13-14-56-36-30(41-23(5)47)33(59-26(8)50)32(58-25(7)49)29(60-36)19-57-24(6)48/h20-22,27-30,32-33,36,46,51H,9-19H2,1-8H3,(H,41,47)(H3,39,42,43,52)/t27-,28+,29+,30+,32-,33+,36+,38-,62?/m0/s1. The van der Waals surface area contributed by atoms with E-state index in [1.165, 1.54) is 20.2 Å². The Labute approximate surface area is 360 Å². The maximum atomic E-state index is 12.8. The van der Waals surface area contributed by atoms with Gasteiger partial charge in [0, 0.05) is 60.4 Å². The number of hydrogen-bond donors (Lipinski definition) is 5. The highest BCUT2D eigenvalue weighted by atomic mass is 31.1. The Hall–Kier alpha value is -3.90. The van der Waals surface area contributed by atoms with Crippen molar-refractivity contribution in [2.75, 3.05) is 71.4 Å². The third-order valence-electron chi connectivity index (χ3n) is 9.74. The van der Waals surface area contributed by atoms with E-state index in [2.05, 4.69) is 52.6 Å². The van der Waals surface area contributed by atoms with Crippen LogP contribution in [0.3, 0.4) is 0 Å². The molecule has 1 amide bonds. The first-order valence-corrected chi connectivity index (χ1v) is 21.9. The number of aliphatic hydroxyl groups excluding tert-OH is 2. The highest BCUT2D eigenvalue weighted by Crippen LogP contribution is 2.63. The highest BCUT2D eigenvalue weighted by Gasteiger charge is 2.56. The molecule has 0 aliphatic carbocycles. The van der Waals surface area contributed by atoms with E-state index in [1.54, 1.807) is 4.57 Å². The number of H-pyrrole nitrogens is 1. The minimum absolute atomic E-state index is 0.0297. The van der Waals surface area contributed by atoms with Crippen molar-refractivity contribution < 1.29 is 72.0 Å². The third kappa shape index (κ3) is 13.3. The number of esters is 3. The zero-order valence-electron chi connectivity index (χ0n) is 36.5. The number of aliphatic hydroxyl groups is 2. The van der Waals surface area contributed by atoms with Crippen molar-refractivity contribution in [3.05, 3.63) is 16.7 Å². The molecule has 2 fully saturated rings. The minimum atomic E-state index is -1.38. The topological polar surface area (TPSA) is 297 Å². The number of rotatable bonds is 24. The zero-order valence-corrected chi connectivity index (χ0v) is 37.4. The second-order valence-corrected chi connectivity index (χ2v) is 17.6. The summed E-state index contributed by atoms with van der Waals surface area (Å²) in [4.78, 5) is 71.7. The molecule has 9 atom stereocenters. The molecule has 2 aliphatic heterocycles. The molecular formula is C38H62N7O16P. The molecular weight excluding hydrogens is 841 g/mol. The molecule has 2 aromatic heterocycles. The molecule has 0 spiro atoms. The van der Waals surface area contributed by atoms with Gasteiger partial charge in [-0.2, -0.15) is 4.98 Å². The molecule has 2 aliphatic rings. The van der Waals surface area contributed by atoms with Gasteiger partial charge in [0.1, 0.15) is 24.9 Å². The lowest BCUT2D eigenvalue weighted by Crippen LogP contribution is -2.66. The van der Waals surface area contributed by atoms with Crippen LogP contribution in [0.15, 0.2) is 11.1 Å². The smallest absolute Gasteiger partial charge is 0.303 e. The first-order valence-electron chi connectivity index (χ1n) is 20.4. The number of amides is 1. The number of aromatic amines is 1. The number of aromatic nitrogens is 4. The first kappa shape index (κ1) is 50.7. The van der Waals surface area contributed by atoms with Crippen molar-refractivity contribution in [3.63, 3.8) is 0 Å². The highest BCUT2D eigenvalue weighted by molar-refractivity contribution is 7.56. The number of hydrogen-bond acceptors (Lipinski definition) is 20. The van der Waals surface area contributed by atoms with Crippen LogP contribution in [-0.2, 0) is 67.3 Å². The number of carbonyl (C=O) groups is 4. The van der Waals surface area contributed by atoms with Crippen molar-refractivity contribution in [3.8, 4) is 0 Å². The van der Waals surface area contributed by atoms with Crippen LogP contribution in [0, 0.1) is 0 Å². The van der Waals surface area contributed by atoms with Gasteiger partial charge in [-0.3, -0.25) is 38.2 Å². The van der Waals surface area contributed by atoms with Crippen LogP contribution in [0.1, 0.15) is 61.8 Å².